The molecule has 0 saturated carbocycles. The fourth-order valence-electron chi connectivity index (χ4n) is 3.87. The summed E-state index contributed by atoms with van der Waals surface area (Å²) in [7, 11) is -2.48. The first-order chi connectivity index (χ1) is 17.4. The molecule has 0 fully saturated rings. The highest BCUT2D eigenvalue weighted by atomic mass is 32.2. The number of furan rings is 1. The highest BCUT2D eigenvalue weighted by Crippen LogP contribution is 2.35. The summed E-state index contributed by atoms with van der Waals surface area (Å²) in [5.41, 5.74) is 3.05. The van der Waals surface area contributed by atoms with Gasteiger partial charge in [0.25, 0.3) is 0 Å². The van der Waals surface area contributed by atoms with E-state index in [0.29, 0.717) is 28.4 Å². The molecule has 5 aromatic rings. The average molecular weight is 496 g/mol. The lowest BCUT2D eigenvalue weighted by molar-refractivity contribution is 0.411. The average Bonchev–Trinajstić information content (AvgIpc) is 3.52. The number of nitrogens with zero attached hydrogens (tertiary/aromatic N) is 3. The van der Waals surface area contributed by atoms with Crippen LogP contribution in [-0.2, 0) is 9.84 Å². The van der Waals surface area contributed by atoms with Crippen molar-refractivity contribution in [2.24, 2.45) is 0 Å². The van der Waals surface area contributed by atoms with Crippen LogP contribution in [0.1, 0.15) is 11.1 Å². The van der Waals surface area contributed by atoms with Crippen molar-refractivity contribution >= 4 is 26.9 Å². The van der Waals surface area contributed by atoms with Gasteiger partial charge in [0.1, 0.15) is 16.7 Å². The lowest BCUT2D eigenvalue weighted by Gasteiger charge is -2.03. The Hall–Kier alpha value is -4.61. The van der Waals surface area contributed by atoms with Gasteiger partial charge in [-0.2, -0.15) is 10.4 Å². The Kier molecular flexibility index (Phi) is 5.92. The Bertz CT molecular complexity index is 1740. The third-order valence-corrected chi connectivity index (χ3v) is 7.42. The molecule has 3 aromatic carbocycles. The van der Waals surface area contributed by atoms with Crippen molar-refractivity contribution < 1.29 is 17.6 Å². The fourth-order valence-corrected chi connectivity index (χ4v) is 5.02. The molecule has 36 heavy (non-hydrogen) atoms. The Morgan fingerprint density at radius 2 is 1.81 bits per heavy atom. The highest BCUT2D eigenvalue weighted by Gasteiger charge is 2.23. The number of ether oxygens (including phenoxy) is 1. The third-order valence-electron chi connectivity index (χ3n) is 5.74. The fraction of sp³-hybridized carbons (Fsp3) is 0.0714. The number of aryl methyl sites for hydroxylation is 1. The van der Waals surface area contributed by atoms with Crippen LogP contribution in [0, 0.1) is 18.3 Å². The van der Waals surface area contributed by atoms with E-state index in [0.717, 1.165) is 16.6 Å². The summed E-state index contributed by atoms with van der Waals surface area (Å²) in [6, 6.07) is 25.0. The zero-order valence-electron chi connectivity index (χ0n) is 19.5. The maximum Gasteiger partial charge on any atom is 0.216 e. The van der Waals surface area contributed by atoms with Crippen LogP contribution in [0.25, 0.3) is 34.2 Å². The molecule has 8 heteroatoms. The number of sulfone groups is 1. The van der Waals surface area contributed by atoms with Crippen molar-refractivity contribution in [2.45, 2.75) is 11.8 Å². The smallest absolute Gasteiger partial charge is 0.216 e. The van der Waals surface area contributed by atoms with E-state index in [2.05, 4.69) is 5.10 Å². The van der Waals surface area contributed by atoms with Gasteiger partial charge in [0.2, 0.25) is 9.84 Å². The summed E-state index contributed by atoms with van der Waals surface area (Å²) in [6.45, 7) is 1.87. The second-order valence-corrected chi connectivity index (χ2v) is 10.1. The van der Waals surface area contributed by atoms with Gasteiger partial charge in [-0.25, -0.2) is 13.1 Å². The summed E-state index contributed by atoms with van der Waals surface area (Å²) in [6.07, 6.45) is 3.01. The second-order valence-electron chi connectivity index (χ2n) is 8.14. The molecule has 0 amide bonds. The standard InChI is InChI=1S/C28H21N3O4S/c1-19-11-13-23(14-12-19)36(32,33)24(17-29)15-21-18-31(22-8-4-3-5-9-22)30-27(21)26-16-20-7-6-10-25(34-2)28(20)35-26/h3-16,18H,1-2H3. The zero-order valence-corrected chi connectivity index (χ0v) is 20.4. The van der Waals surface area contributed by atoms with E-state index in [1.54, 1.807) is 36.2 Å². The molecule has 2 aromatic heterocycles. The number of hydrogen-bond donors (Lipinski definition) is 0. The quantitative estimate of drug-likeness (QED) is 0.270. The molecule has 0 aliphatic rings. The molecule has 0 unspecified atom stereocenters. The van der Waals surface area contributed by atoms with Gasteiger partial charge in [-0.3, -0.25) is 0 Å². The molecule has 0 spiro atoms. The number of aromatic nitrogens is 2. The molecule has 7 nitrogen and oxygen atoms in total. The van der Waals surface area contributed by atoms with Crippen LogP contribution in [0.2, 0.25) is 0 Å². The van der Waals surface area contributed by atoms with Gasteiger partial charge in [0, 0.05) is 17.1 Å². The van der Waals surface area contributed by atoms with Crippen molar-refractivity contribution in [2.75, 3.05) is 7.11 Å². The normalized spacial score (nSPS) is 12.0. The second kappa shape index (κ2) is 9.21. The number of benzene rings is 3. The molecule has 178 valence electrons. The summed E-state index contributed by atoms with van der Waals surface area (Å²) in [5.74, 6) is 0.985. The Balaban J connectivity index is 1.70. The van der Waals surface area contributed by atoms with Gasteiger partial charge in [-0.1, -0.05) is 48.0 Å². The van der Waals surface area contributed by atoms with Crippen LogP contribution in [0.4, 0.5) is 0 Å². The molecule has 5 rings (SSSR count). The van der Waals surface area contributed by atoms with E-state index in [1.165, 1.54) is 18.2 Å². The maximum absolute atomic E-state index is 13.3. The summed E-state index contributed by atoms with van der Waals surface area (Å²) < 4.78 is 39.7. The van der Waals surface area contributed by atoms with Crippen molar-refractivity contribution in [3.05, 3.63) is 101 Å². The Morgan fingerprint density at radius 3 is 2.50 bits per heavy atom. The van der Waals surface area contributed by atoms with Crippen LogP contribution in [0.15, 0.2) is 99.3 Å². The Morgan fingerprint density at radius 1 is 1.06 bits per heavy atom. The van der Waals surface area contributed by atoms with Crippen molar-refractivity contribution in [3.8, 4) is 29.0 Å². The van der Waals surface area contributed by atoms with Crippen molar-refractivity contribution in [1.82, 2.24) is 9.78 Å². The number of rotatable bonds is 6. The van der Waals surface area contributed by atoms with Gasteiger partial charge < -0.3 is 9.15 Å². The number of allylic oxidation sites excluding steroid dienone is 1. The van der Waals surface area contributed by atoms with Gasteiger partial charge in [-0.15, -0.1) is 0 Å². The molecule has 0 atom stereocenters. The first-order valence-corrected chi connectivity index (χ1v) is 12.5. The minimum Gasteiger partial charge on any atom is -0.493 e. The van der Waals surface area contributed by atoms with Crippen LogP contribution in [-0.4, -0.2) is 25.3 Å². The number of fused-ring (bicyclic) bond motifs is 1. The van der Waals surface area contributed by atoms with E-state index in [9.17, 15) is 13.7 Å². The van der Waals surface area contributed by atoms with E-state index >= 15 is 0 Å². The van der Waals surface area contributed by atoms with Crippen LogP contribution >= 0.6 is 0 Å². The molecule has 0 N–H and O–H groups in total. The summed E-state index contributed by atoms with van der Waals surface area (Å²) >= 11 is 0. The predicted molar refractivity (Wildman–Crippen MR) is 137 cm³/mol. The molecule has 0 aliphatic carbocycles. The molecule has 0 aliphatic heterocycles. The van der Waals surface area contributed by atoms with Crippen LogP contribution in [0.5, 0.6) is 5.75 Å². The number of para-hydroxylation sites is 2. The number of nitriles is 1. The van der Waals surface area contributed by atoms with E-state index in [4.69, 9.17) is 9.15 Å². The van der Waals surface area contributed by atoms with Gasteiger partial charge >= 0.3 is 0 Å². The van der Waals surface area contributed by atoms with Crippen LogP contribution < -0.4 is 4.74 Å². The van der Waals surface area contributed by atoms with Gasteiger partial charge in [0.05, 0.1) is 17.7 Å². The molecule has 0 saturated heterocycles. The van der Waals surface area contributed by atoms with E-state index < -0.39 is 14.7 Å². The number of methoxy groups -OCH3 is 1. The first kappa shape index (κ1) is 23.1. The van der Waals surface area contributed by atoms with Crippen LogP contribution in [0.3, 0.4) is 0 Å². The Labute approximate surface area is 208 Å². The topological polar surface area (TPSA) is 98.1 Å². The molecule has 0 radical (unpaired) electrons. The summed E-state index contributed by atoms with van der Waals surface area (Å²) in [4.78, 5) is -0.347. The predicted octanol–water partition coefficient (Wildman–Crippen LogP) is 5.94. The maximum atomic E-state index is 13.3. The van der Waals surface area contributed by atoms with Gasteiger partial charge in [0.15, 0.2) is 17.1 Å². The van der Waals surface area contributed by atoms with Crippen molar-refractivity contribution in [1.29, 1.82) is 5.26 Å². The molecular formula is C28H21N3O4S. The van der Waals surface area contributed by atoms with Gasteiger partial charge in [-0.05, 0) is 49.4 Å². The van der Waals surface area contributed by atoms with E-state index in [1.807, 2.05) is 61.5 Å². The largest absolute Gasteiger partial charge is 0.493 e. The minimum atomic E-state index is -4.04. The first-order valence-electron chi connectivity index (χ1n) is 11.1. The monoisotopic (exact) mass is 495 g/mol. The molecule has 2 heterocycles. The zero-order chi connectivity index (χ0) is 25.3. The third kappa shape index (κ3) is 4.17. The lowest BCUT2D eigenvalue weighted by atomic mass is 10.2. The highest BCUT2D eigenvalue weighted by molar-refractivity contribution is 7.95. The van der Waals surface area contributed by atoms with Crippen molar-refractivity contribution in [3.63, 3.8) is 0 Å². The molecule has 0 bridgehead atoms. The molecular weight excluding hydrogens is 474 g/mol. The lowest BCUT2D eigenvalue weighted by Crippen LogP contribution is -2.03. The number of hydrogen-bond acceptors (Lipinski definition) is 6. The minimum absolute atomic E-state index is 0.0476. The van der Waals surface area contributed by atoms with E-state index in [-0.39, 0.29) is 4.90 Å². The SMILES string of the molecule is COc1cccc2cc(-c3nn(-c4ccccc4)cc3C=C(C#N)S(=O)(=O)c3ccc(C)cc3)oc12. The summed E-state index contributed by atoms with van der Waals surface area (Å²) in [5, 5.41) is 15.3.